The number of hydrogen-bond donors (Lipinski definition) is 4. The fraction of sp³-hybridized carbons (Fsp3) is 0.312. The molecule has 3 rings (SSSR count). The Balaban J connectivity index is 1.79. The highest BCUT2D eigenvalue weighted by atomic mass is 32.1. The van der Waals surface area contributed by atoms with E-state index < -0.39 is 0 Å². The minimum absolute atomic E-state index is 0.294. The van der Waals surface area contributed by atoms with Crippen molar-refractivity contribution in [1.82, 2.24) is 16.2 Å². The van der Waals surface area contributed by atoms with Crippen LogP contribution in [0.15, 0.2) is 36.4 Å². The van der Waals surface area contributed by atoms with Crippen molar-refractivity contribution in [2.75, 3.05) is 0 Å². The van der Waals surface area contributed by atoms with Crippen LogP contribution >= 0.6 is 12.6 Å². The third-order valence-electron chi connectivity index (χ3n) is 3.83. The molecule has 1 aliphatic carbocycles. The second-order valence-corrected chi connectivity index (χ2v) is 5.84. The molecule has 0 heterocycles. The number of thiol groups is 1. The van der Waals surface area contributed by atoms with Crippen LogP contribution in [0.4, 0.5) is 0 Å². The van der Waals surface area contributed by atoms with Gasteiger partial charge in [-0.3, -0.25) is 15.5 Å². The summed E-state index contributed by atoms with van der Waals surface area (Å²) in [6.07, 6.45) is 3.20. The van der Waals surface area contributed by atoms with Crippen molar-refractivity contribution in [2.45, 2.75) is 30.8 Å². The molecule has 3 N–H and O–H groups in total. The Morgan fingerprint density at radius 1 is 1.19 bits per heavy atom. The van der Waals surface area contributed by atoms with Gasteiger partial charge >= 0.3 is 0 Å². The first-order chi connectivity index (χ1) is 10.3. The molecular formula is C16H19N3OS. The van der Waals surface area contributed by atoms with Crippen molar-refractivity contribution in [3.05, 3.63) is 47.5 Å². The molecule has 0 bridgehead atoms. The Kier molecular flexibility index (Phi) is 4.43. The smallest absolute Gasteiger partial charge is 0.221 e. The van der Waals surface area contributed by atoms with Crippen LogP contribution in [-0.2, 0) is 11.3 Å². The van der Waals surface area contributed by atoms with Crippen molar-refractivity contribution in [2.24, 2.45) is 0 Å². The van der Waals surface area contributed by atoms with Gasteiger partial charge in [-0.15, -0.1) is 12.6 Å². The van der Waals surface area contributed by atoms with Crippen molar-refractivity contribution in [3.8, 4) is 0 Å². The molecule has 0 spiro atoms. The molecule has 1 atom stereocenters. The van der Waals surface area contributed by atoms with Crippen LogP contribution in [0.3, 0.4) is 0 Å². The van der Waals surface area contributed by atoms with E-state index in [9.17, 15) is 4.79 Å². The zero-order chi connectivity index (χ0) is 14.7. The largest absolute Gasteiger partial charge is 0.292 e. The van der Waals surface area contributed by atoms with Crippen molar-refractivity contribution in [1.29, 1.82) is 0 Å². The molecule has 2 aromatic carbocycles. The second kappa shape index (κ2) is 6.47. The second-order valence-electron chi connectivity index (χ2n) is 5.32. The fourth-order valence-corrected chi connectivity index (χ4v) is 2.83. The summed E-state index contributed by atoms with van der Waals surface area (Å²) < 4.78 is 0. The normalized spacial score (nSPS) is 15.9. The Bertz CT molecular complexity index is 642. The lowest BCUT2D eigenvalue weighted by molar-refractivity contribution is -0.110. The van der Waals surface area contributed by atoms with Gasteiger partial charge in [0.15, 0.2) is 0 Å². The van der Waals surface area contributed by atoms with Crippen LogP contribution in [0.5, 0.6) is 0 Å². The number of rotatable bonds is 7. The fourth-order valence-electron chi connectivity index (χ4n) is 2.66. The molecule has 1 unspecified atom stereocenters. The lowest BCUT2D eigenvalue weighted by Gasteiger charge is -2.16. The van der Waals surface area contributed by atoms with E-state index in [1.165, 1.54) is 34.7 Å². The van der Waals surface area contributed by atoms with E-state index in [4.69, 9.17) is 0 Å². The summed E-state index contributed by atoms with van der Waals surface area (Å²) in [4.78, 5) is 10.2. The molecular weight excluding hydrogens is 282 g/mol. The summed E-state index contributed by atoms with van der Waals surface area (Å²) in [7, 11) is 0. The van der Waals surface area contributed by atoms with E-state index in [0.717, 1.165) is 5.92 Å². The molecule has 5 heteroatoms. The van der Waals surface area contributed by atoms with Gasteiger partial charge in [0.1, 0.15) is 5.50 Å². The number of hydrazine groups is 1. The summed E-state index contributed by atoms with van der Waals surface area (Å²) in [6, 6.07) is 13.0. The number of benzene rings is 2. The summed E-state index contributed by atoms with van der Waals surface area (Å²) in [6.45, 7) is 0.688. The van der Waals surface area contributed by atoms with Gasteiger partial charge in [-0.25, -0.2) is 5.43 Å². The monoisotopic (exact) mass is 301 g/mol. The Labute approximate surface area is 129 Å². The predicted octanol–water partition coefficient (Wildman–Crippen LogP) is 2.27. The van der Waals surface area contributed by atoms with Gasteiger partial charge < -0.3 is 0 Å². The molecule has 110 valence electrons. The average Bonchev–Trinajstić information content (AvgIpc) is 3.35. The first kappa shape index (κ1) is 14.4. The zero-order valence-corrected chi connectivity index (χ0v) is 12.6. The van der Waals surface area contributed by atoms with Crippen LogP contribution in [0.1, 0.15) is 29.9 Å². The average molecular weight is 301 g/mol. The van der Waals surface area contributed by atoms with Gasteiger partial charge in [-0.1, -0.05) is 36.4 Å². The SMILES string of the molecule is O=CNNC(S)NCc1ccc(C2CC2)c2ccccc12. The molecule has 4 nitrogen and oxygen atoms in total. The van der Waals surface area contributed by atoms with Crippen LogP contribution in [0.25, 0.3) is 10.8 Å². The first-order valence-corrected chi connectivity index (χ1v) is 7.68. The minimum atomic E-state index is -0.294. The van der Waals surface area contributed by atoms with Gasteiger partial charge in [-0.05, 0) is 40.7 Å². The van der Waals surface area contributed by atoms with Gasteiger partial charge in [0.25, 0.3) is 0 Å². The number of hydrogen-bond acceptors (Lipinski definition) is 4. The quantitative estimate of drug-likeness (QED) is 0.275. The predicted molar refractivity (Wildman–Crippen MR) is 87.9 cm³/mol. The lowest BCUT2D eigenvalue weighted by Crippen LogP contribution is -2.44. The molecule has 0 aromatic heterocycles. The Morgan fingerprint density at radius 2 is 1.95 bits per heavy atom. The molecule has 2 aromatic rings. The highest BCUT2D eigenvalue weighted by molar-refractivity contribution is 7.80. The van der Waals surface area contributed by atoms with E-state index in [1.807, 2.05) is 0 Å². The first-order valence-electron chi connectivity index (χ1n) is 7.16. The topological polar surface area (TPSA) is 53.2 Å². The number of nitrogens with one attached hydrogen (secondary N) is 3. The Morgan fingerprint density at radius 3 is 2.67 bits per heavy atom. The number of amides is 1. The van der Waals surface area contributed by atoms with Gasteiger partial charge in [-0.2, -0.15) is 0 Å². The van der Waals surface area contributed by atoms with Crippen LogP contribution in [0, 0.1) is 0 Å². The third kappa shape index (κ3) is 3.37. The van der Waals surface area contributed by atoms with E-state index >= 15 is 0 Å². The van der Waals surface area contributed by atoms with Gasteiger partial charge in [0.05, 0.1) is 0 Å². The summed E-state index contributed by atoms with van der Waals surface area (Å²) >= 11 is 4.31. The van der Waals surface area contributed by atoms with E-state index in [0.29, 0.717) is 13.0 Å². The van der Waals surface area contributed by atoms with Gasteiger partial charge in [0.2, 0.25) is 6.41 Å². The van der Waals surface area contributed by atoms with Gasteiger partial charge in [0, 0.05) is 6.54 Å². The molecule has 1 saturated carbocycles. The summed E-state index contributed by atoms with van der Waals surface area (Å²) in [5, 5.41) is 5.87. The maximum atomic E-state index is 10.2. The highest BCUT2D eigenvalue weighted by Gasteiger charge is 2.25. The molecule has 1 amide bonds. The van der Waals surface area contributed by atoms with Crippen molar-refractivity contribution in [3.63, 3.8) is 0 Å². The number of carbonyl (C=O) groups excluding carboxylic acids is 1. The molecule has 1 aliphatic rings. The maximum Gasteiger partial charge on any atom is 0.221 e. The van der Waals surface area contributed by atoms with Crippen molar-refractivity contribution >= 4 is 29.8 Å². The summed E-state index contributed by atoms with van der Waals surface area (Å²) in [5.41, 5.74) is 7.52. The third-order valence-corrected chi connectivity index (χ3v) is 4.14. The standard InChI is InChI=1S/C16H19N3OS/c20-10-18-19-16(21)17-9-12-7-8-14(11-5-6-11)15-4-2-1-3-13(12)15/h1-4,7-8,10-11,16-17,19,21H,5-6,9H2,(H,18,20). The number of carbonyl (C=O) groups is 1. The molecule has 0 aliphatic heterocycles. The molecule has 0 saturated heterocycles. The minimum Gasteiger partial charge on any atom is -0.292 e. The number of fused-ring (bicyclic) bond motifs is 1. The van der Waals surface area contributed by atoms with Crippen LogP contribution < -0.4 is 16.2 Å². The van der Waals surface area contributed by atoms with E-state index in [1.54, 1.807) is 0 Å². The van der Waals surface area contributed by atoms with Crippen LogP contribution in [-0.4, -0.2) is 11.9 Å². The molecule has 0 radical (unpaired) electrons. The summed E-state index contributed by atoms with van der Waals surface area (Å²) in [5.74, 6) is 0.744. The van der Waals surface area contributed by atoms with E-state index in [-0.39, 0.29) is 5.50 Å². The molecule has 21 heavy (non-hydrogen) atoms. The zero-order valence-electron chi connectivity index (χ0n) is 11.7. The molecule has 1 fully saturated rings. The van der Waals surface area contributed by atoms with E-state index in [2.05, 4.69) is 65.2 Å². The highest BCUT2D eigenvalue weighted by Crippen LogP contribution is 2.43. The van der Waals surface area contributed by atoms with Crippen molar-refractivity contribution < 1.29 is 4.79 Å². The Hall–Kier alpha value is -1.56. The maximum absolute atomic E-state index is 10.2. The van der Waals surface area contributed by atoms with Crippen LogP contribution in [0.2, 0.25) is 0 Å². The lowest BCUT2D eigenvalue weighted by atomic mass is 9.97.